The highest BCUT2D eigenvalue weighted by Crippen LogP contribution is 2.27. The molecule has 0 radical (unpaired) electrons. The molecule has 1 aromatic carbocycles. The fourth-order valence-corrected chi connectivity index (χ4v) is 3.39. The molecule has 0 aromatic heterocycles. The first-order valence-corrected chi connectivity index (χ1v) is 8.74. The first-order chi connectivity index (χ1) is 12.0. The molecular formula is C19H28N2O4. The third-order valence-electron chi connectivity index (χ3n) is 4.70. The van der Waals surface area contributed by atoms with E-state index in [1.807, 2.05) is 24.3 Å². The molecule has 3 unspecified atom stereocenters. The number of rotatable bonds is 8. The fourth-order valence-electron chi connectivity index (χ4n) is 3.39. The van der Waals surface area contributed by atoms with Crippen LogP contribution in [-0.2, 0) is 20.7 Å². The number of hydrogen-bond acceptors (Lipinski definition) is 4. The number of methoxy groups -OCH3 is 2. The Kier molecular flexibility index (Phi) is 7.25. The van der Waals surface area contributed by atoms with Gasteiger partial charge in [-0.05, 0) is 30.5 Å². The van der Waals surface area contributed by atoms with Crippen LogP contribution in [0.3, 0.4) is 0 Å². The summed E-state index contributed by atoms with van der Waals surface area (Å²) >= 11 is 0. The highest BCUT2D eigenvalue weighted by Gasteiger charge is 2.28. The maximum atomic E-state index is 12.6. The van der Waals surface area contributed by atoms with Crippen molar-refractivity contribution in [3.05, 3.63) is 29.8 Å². The molecule has 6 heteroatoms. The van der Waals surface area contributed by atoms with Crippen molar-refractivity contribution in [3.63, 3.8) is 0 Å². The minimum absolute atomic E-state index is 0.167. The molecular weight excluding hydrogens is 320 g/mol. The van der Waals surface area contributed by atoms with Crippen molar-refractivity contribution in [3.8, 4) is 5.75 Å². The Labute approximate surface area is 149 Å². The fraction of sp³-hybridized carbons (Fsp3) is 0.579. The molecule has 1 aromatic rings. The first-order valence-electron chi connectivity index (χ1n) is 8.74. The summed E-state index contributed by atoms with van der Waals surface area (Å²) in [5, 5.41) is 5.72. The van der Waals surface area contributed by atoms with E-state index in [9.17, 15) is 9.59 Å². The largest absolute Gasteiger partial charge is 0.497 e. The monoisotopic (exact) mass is 348 g/mol. The van der Waals surface area contributed by atoms with E-state index in [0.29, 0.717) is 18.9 Å². The molecule has 2 rings (SSSR count). The Morgan fingerprint density at radius 1 is 1.28 bits per heavy atom. The van der Waals surface area contributed by atoms with Crippen LogP contribution in [0.15, 0.2) is 24.3 Å². The number of benzene rings is 1. The van der Waals surface area contributed by atoms with Gasteiger partial charge in [-0.25, -0.2) is 0 Å². The Morgan fingerprint density at radius 3 is 2.76 bits per heavy atom. The predicted molar refractivity (Wildman–Crippen MR) is 95.5 cm³/mol. The molecule has 1 fully saturated rings. The molecule has 1 aliphatic rings. The number of nitrogens with one attached hydrogen (secondary N) is 2. The maximum absolute atomic E-state index is 12.6. The lowest BCUT2D eigenvalue weighted by Gasteiger charge is -2.22. The van der Waals surface area contributed by atoms with Gasteiger partial charge >= 0.3 is 0 Å². The van der Waals surface area contributed by atoms with Gasteiger partial charge in [0.2, 0.25) is 11.8 Å². The normalized spacial score (nSPS) is 20.8. The molecule has 3 atom stereocenters. The second-order valence-electron chi connectivity index (χ2n) is 6.52. The third kappa shape index (κ3) is 5.74. The third-order valence-corrected chi connectivity index (χ3v) is 4.70. The molecule has 1 aliphatic carbocycles. The molecule has 138 valence electrons. The van der Waals surface area contributed by atoms with Gasteiger partial charge in [0.25, 0.3) is 0 Å². The SMILES string of the molecule is COc1cccc(CC(NC(C)=O)C(=O)NCC2CCCC2OC)c1. The van der Waals surface area contributed by atoms with Gasteiger partial charge < -0.3 is 20.1 Å². The van der Waals surface area contributed by atoms with E-state index in [4.69, 9.17) is 9.47 Å². The molecule has 0 bridgehead atoms. The summed E-state index contributed by atoms with van der Waals surface area (Å²) in [5.74, 6) is 0.676. The molecule has 0 saturated heterocycles. The average Bonchev–Trinajstić information content (AvgIpc) is 3.06. The van der Waals surface area contributed by atoms with Crippen LogP contribution in [0.5, 0.6) is 5.75 Å². The lowest BCUT2D eigenvalue weighted by Crippen LogP contribution is -2.48. The summed E-state index contributed by atoms with van der Waals surface area (Å²) in [6.07, 6.45) is 3.84. The Hall–Kier alpha value is -2.08. The highest BCUT2D eigenvalue weighted by atomic mass is 16.5. The lowest BCUT2D eigenvalue weighted by atomic mass is 10.0. The standard InChI is InChI=1S/C19H28N2O4/c1-13(22)21-17(11-14-6-4-8-16(10-14)24-2)19(23)20-12-15-7-5-9-18(15)25-3/h4,6,8,10,15,17-18H,5,7,9,11-12H2,1-3H3,(H,20,23)(H,21,22). The number of hydrogen-bond donors (Lipinski definition) is 2. The smallest absolute Gasteiger partial charge is 0.242 e. The van der Waals surface area contributed by atoms with Crippen LogP contribution in [0.1, 0.15) is 31.7 Å². The molecule has 25 heavy (non-hydrogen) atoms. The highest BCUT2D eigenvalue weighted by molar-refractivity contribution is 5.87. The summed E-state index contributed by atoms with van der Waals surface area (Å²) in [7, 11) is 3.32. The van der Waals surface area contributed by atoms with Crippen LogP contribution in [0, 0.1) is 5.92 Å². The van der Waals surface area contributed by atoms with Crippen molar-refractivity contribution in [2.45, 2.75) is 44.8 Å². The summed E-state index contributed by atoms with van der Waals surface area (Å²) in [5.41, 5.74) is 0.934. The minimum atomic E-state index is -0.605. The molecule has 0 aliphatic heterocycles. The van der Waals surface area contributed by atoms with E-state index in [0.717, 1.165) is 30.6 Å². The average molecular weight is 348 g/mol. The van der Waals surface area contributed by atoms with E-state index in [1.165, 1.54) is 6.92 Å². The van der Waals surface area contributed by atoms with Crippen LogP contribution < -0.4 is 15.4 Å². The van der Waals surface area contributed by atoms with Crippen molar-refractivity contribution in [2.24, 2.45) is 5.92 Å². The van der Waals surface area contributed by atoms with Gasteiger partial charge in [0, 0.05) is 32.9 Å². The number of carbonyl (C=O) groups is 2. The molecule has 2 N–H and O–H groups in total. The van der Waals surface area contributed by atoms with Crippen molar-refractivity contribution >= 4 is 11.8 Å². The lowest BCUT2D eigenvalue weighted by molar-refractivity contribution is -0.128. The van der Waals surface area contributed by atoms with Gasteiger partial charge in [0.15, 0.2) is 0 Å². The van der Waals surface area contributed by atoms with Crippen molar-refractivity contribution in [1.82, 2.24) is 10.6 Å². The number of carbonyl (C=O) groups excluding carboxylic acids is 2. The molecule has 0 spiro atoms. The molecule has 0 heterocycles. The van der Waals surface area contributed by atoms with E-state index < -0.39 is 6.04 Å². The van der Waals surface area contributed by atoms with Gasteiger partial charge in [-0.15, -0.1) is 0 Å². The van der Waals surface area contributed by atoms with E-state index in [2.05, 4.69) is 10.6 Å². The van der Waals surface area contributed by atoms with Crippen LogP contribution in [0.25, 0.3) is 0 Å². The van der Waals surface area contributed by atoms with E-state index >= 15 is 0 Å². The van der Waals surface area contributed by atoms with E-state index in [-0.39, 0.29) is 17.9 Å². The van der Waals surface area contributed by atoms with Crippen molar-refractivity contribution in [1.29, 1.82) is 0 Å². The quantitative estimate of drug-likeness (QED) is 0.749. The van der Waals surface area contributed by atoms with Gasteiger partial charge in [0.05, 0.1) is 13.2 Å². The molecule has 1 saturated carbocycles. The maximum Gasteiger partial charge on any atom is 0.242 e. The first kappa shape index (κ1) is 19.2. The zero-order valence-corrected chi connectivity index (χ0v) is 15.2. The minimum Gasteiger partial charge on any atom is -0.497 e. The van der Waals surface area contributed by atoms with Gasteiger partial charge in [-0.3, -0.25) is 9.59 Å². The summed E-state index contributed by atoms with van der Waals surface area (Å²) < 4.78 is 10.7. The van der Waals surface area contributed by atoms with Crippen molar-refractivity contribution in [2.75, 3.05) is 20.8 Å². The summed E-state index contributed by atoms with van der Waals surface area (Å²) in [6.45, 7) is 2.00. The van der Waals surface area contributed by atoms with E-state index in [1.54, 1.807) is 14.2 Å². The van der Waals surface area contributed by atoms with Gasteiger partial charge in [0.1, 0.15) is 11.8 Å². The van der Waals surface area contributed by atoms with Crippen molar-refractivity contribution < 1.29 is 19.1 Å². The Bertz CT molecular complexity index is 591. The Morgan fingerprint density at radius 2 is 2.08 bits per heavy atom. The predicted octanol–water partition coefficient (Wildman–Crippen LogP) is 1.67. The molecule has 2 amide bonds. The topological polar surface area (TPSA) is 76.7 Å². The van der Waals surface area contributed by atoms with Crippen LogP contribution in [0.2, 0.25) is 0 Å². The zero-order chi connectivity index (χ0) is 18.2. The summed E-state index contributed by atoms with van der Waals surface area (Å²) in [4.78, 5) is 24.1. The van der Waals surface area contributed by atoms with Gasteiger partial charge in [-0.2, -0.15) is 0 Å². The van der Waals surface area contributed by atoms with Crippen LogP contribution in [-0.4, -0.2) is 44.7 Å². The number of amides is 2. The second-order valence-corrected chi connectivity index (χ2v) is 6.52. The van der Waals surface area contributed by atoms with Gasteiger partial charge in [-0.1, -0.05) is 18.6 Å². The summed E-state index contributed by atoms with van der Waals surface area (Å²) in [6, 6.07) is 6.91. The Balaban J connectivity index is 1.97. The zero-order valence-electron chi connectivity index (χ0n) is 15.2. The molecule has 6 nitrogen and oxygen atoms in total. The van der Waals surface area contributed by atoms with Crippen LogP contribution >= 0.6 is 0 Å². The van der Waals surface area contributed by atoms with Crippen LogP contribution in [0.4, 0.5) is 0 Å². The number of ether oxygens (including phenoxy) is 2. The second kappa shape index (κ2) is 9.42.